The molecule has 0 bridgehead atoms. The number of nitrogens with zero attached hydrogens (tertiary/aromatic N) is 3. The third-order valence-corrected chi connectivity index (χ3v) is 2.71. The number of pyridine rings is 1. The number of hydrogen-bond acceptors (Lipinski definition) is 4. The average molecular weight is 323 g/mol. The molecule has 2 aromatic heterocycles. The van der Waals surface area contributed by atoms with E-state index in [2.05, 4.69) is 15.2 Å². The van der Waals surface area contributed by atoms with Crippen molar-refractivity contribution in [1.82, 2.24) is 15.2 Å². The first-order valence-corrected chi connectivity index (χ1v) is 5.75. The Labute approximate surface area is 105 Å². The summed E-state index contributed by atoms with van der Waals surface area (Å²) in [5.74, 6) is 0.531. The minimum absolute atomic E-state index is 0.531. The summed E-state index contributed by atoms with van der Waals surface area (Å²) in [6.45, 7) is 0. The average Bonchev–Trinajstić information content (AvgIpc) is 2.75. The van der Waals surface area contributed by atoms with Gasteiger partial charge in [0.2, 0.25) is 5.89 Å². The van der Waals surface area contributed by atoms with Crippen molar-refractivity contribution < 1.29 is 4.42 Å². The van der Waals surface area contributed by atoms with Crippen LogP contribution in [-0.4, -0.2) is 15.2 Å². The highest BCUT2D eigenvalue weighted by Crippen LogP contribution is 2.26. The van der Waals surface area contributed by atoms with Gasteiger partial charge in [-0.2, -0.15) is 0 Å². The Kier molecular flexibility index (Phi) is 2.32. The fourth-order valence-corrected chi connectivity index (χ4v) is 1.92. The molecule has 3 rings (SSSR count). The smallest absolute Gasteiger partial charge is 0.278 e. The molecule has 0 atom stereocenters. The summed E-state index contributed by atoms with van der Waals surface area (Å²) < 4.78 is 5.95. The van der Waals surface area contributed by atoms with Gasteiger partial charge in [-0.15, -0.1) is 10.2 Å². The SMILES string of the molecule is Ic1nnc(-c2cccc3ncccc23)o1. The number of rotatable bonds is 1. The third kappa shape index (κ3) is 1.57. The predicted molar refractivity (Wildman–Crippen MR) is 67.8 cm³/mol. The summed E-state index contributed by atoms with van der Waals surface area (Å²) >= 11 is 2.00. The van der Waals surface area contributed by atoms with Crippen LogP contribution in [-0.2, 0) is 0 Å². The molecule has 0 saturated carbocycles. The highest BCUT2D eigenvalue weighted by molar-refractivity contribution is 14.1. The zero-order valence-corrected chi connectivity index (χ0v) is 10.2. The van der Waals surface area contributed by atoms with Gasteiger partial charge in [-0.3, -0.25) is 4.98 Å². The molecule has 0 saturated heterocycles. The number of hydrogen-bond donors (Lipinski definition) is 0. The van der Waals surface area contributed by atoms with E-state index < -0.39 is 0 Å². The van der Waals surface area contributed by atoms with Crippen LogP contribution in [0, 0.1) is 3.90 Å². The summed E-state index contributed by atoms with van der Waals surface area (Å²) in [4.78, 5) is 4.28. The fourth-order valence-electron chi connectivity index (χ4n) is 1.60. The lowest BCUT2D eigenvalue weighted by molar-refractivity contribution is 0.537. The van der Waals surface area contributed by atoms with Gasteiger partial charge in [-0.25, -0.2) is 0 Å². The second-order valence-electron chi connectivity index (χ2n) is 3.24. The topological polar surface area (TPSA) is 51.8 Å². The van der Waals surface area contributed by atoms with E-state index in [1.54, 1.807) is 6.20 Å². The minimum Gasteiger partial charge on any atom is -0.412 e. The van der Waals surface area contributed by atoms with E-state index in [1.165, 1.54) is 0 Å². The first-order chi connectivity index (χ1) is 7.84. The van der Waals surface area contributed by atoms with E-state index in [1.807, 2.05) is 52.9 Å². The molecule has 16 heavy (non-hydrogen) atoms. The lowest BCUT2D eigenvalue weighted by Gasteiger charge is -2.00. The van der Waals surface area contributed by atoms with Gasteiger partial charge in [-0.1, -0.05) is 12.1 Å². The van der Waals surface area contributed by atoms with E-state index in [-0.39, 0.29) is 0 Å². The van der Waals surface area contributed by atoms with Crippen molar-refractivity contribution in [1.29, 1.82) is 0 Å². The van der Waals surface area contributed by atoms with Crippen LogP contribution in [0.3, 0.4) is 0 Å². The molecule has 0 fully saturated rings. The quantitative estimate of drug-likeness (QED) is 0.646. The number of aromatic nitrogens is 3. The van der Waals surface area contributed by atoms with Crippen molar-refractivity contribution in [3.05, 3.63) is 40.4 Å². The normalized spacial score (nSPS) is 10.8. The van der Waals surface area contributed by atoms with Crippen LogP contribution >= 0.6 is 22.6 Å². The van der Waals surface area contributed by atoms with Crippen LogP contribution in [0.4, 0.5) is 0 Å². The van der Waals surface area contributed by atoms with Crippen LogP contribution in [0.1, 0.15) is 0 Å². The Morgan fingerprint density at radius 3 is 2.81 bits per heavy atom. The Balaban J connectivity index is 2.31. The predicted octanol–water partition coefficient (Wildman–Crippen LogP) is 2.89. The van der Waals surface area contributed by atoms with Crippen LogP contribution in [0.2, 0.25) is 0 Å². The van der Waals surface area contributed by atoms with Gasteiger partial charge in [0, 0.05) is 39.7 Å². The lowest BCUT2D eigenvalue weighted by Crippen LogP contribution is -1.83. The molecule has 0 aliphatic heterocycles. The molecular formula is C11H6IN3O. The molecule has 0 radical (unpaired) electrons. The van der Waals surface area contributed by atoms with Gasteiger partial charge in [-0.05, 0) is 18.2 Å². The molecule has 0 spiro atoms. The van der Waals surface area contributed by atoms with Crippen LogP contribution in [0.25, 0.3) is 22.4 Å². The van der Waals surface area contributed by atoms with Crippen LogP contribution in [0.15, 0.2) is 40.9 Å². The third-order valence-electron chi connectivity index (χ3n) is 2.28. The summed E-state index contributed by atoms with van der Waals surface area (Å²) in [7, 11) is 0. The summed E-state index contributed by atoms with van der Waals surface area (Å²) in [5.41, 5.74) is 1.84. The van der Waals surface area contributed by atoms with E-state index in [4.69, 9.17) is 4.42 Å². The molecule has 3 aromatic rings. The zero-order valence-electron chi connectivity index (χ0n) is 8.09. The monoisotopic (exact) mass is 323 g/mol. The highest BCUT2D eigenvalue weighted by atomic mass is 127. The zero-order chi connectivity index (χ0) is 11.0. The lowest BCUT2D eigenvalue weighted by atomic mass is 10.1. The maximum Gasteiger partial charge on any atom is 0.278 e. The molecule has 2 heterocycles. The van der Waals surface area contributed by atoms with E-state index >= 15 is 0 Å². The van der Waals surface area contributed by atoms with E-state index in [0.717, 1.165) is 16.5 Å². The fraction of sp³-hybridized carbons (Fsp3) is 0. The molecule has 1 aromatic carbocycles. The largest absolute Gasteiger partial charge is 0.412 e. The number of benzene rings is 1. The van der Waals surface area contributed by atoms with Gasteiger partial charge >= 0.3 is 0 Å². The molecule has 4 nitrogen and oxygen atoms in total. The van der Waals surface area contributed by atoms with Gasteiger partial charge in [0.15, 0.2) is 0 Å². The first-order valence-electron chi connectivity index (χ1n) is 4.68. The van der Waals surface area contributed by atoms with E-state index in [9.17, 15) is 0 Å². The van der Waals surface area contributed by atoms with Gasteiger partial charge in [0.05, 0.1) is 5.52 Å². The Bertz CT molecular complexity index is 645. The van der Waals surface area contributed by atoms with Crippen LogP contribution in [0.5, 0.6) is 0 Å². The molecule has 0 N–H and O–H groups in total. The molecule has 78 valence electrons. The van der Waals surface area contributed by atoms with Gasteiger partial charge in [0.25, 0.3) is 3.90 Å². The Morgan fingerprint density at radius 2 is 2.00 bits per heavy atom. The standard InChI is InChI=1S/C11H6IN3O/c12-11-15-14-10(16-11)8-3-1-5-9-7(8)4-2-6-13-9/h1-6H. The first kappa shape index (κ1) is 9.71. The summed E-state index contributed by atoms with van der Waals surface area (Å²) in [6, 6.07) is 9.73. The Hall–Kier alpha value is -1.50. The number of halogens is 1. The van der Waals surface area contributed by atoms with Crippen molar-refractivity contribution in [3.8, 4) is 11.5 Å². The maximum absolute atomic E-state index is 5.41. The maximum atomic E-state index is 5.41. The summed E-state index contributed by atoms with van der Waals surface area (Å²) in [6.07, 6.45) is 1.77. The van der Waals surface area contributed by atoms with Crippen LogP contribution < -0.4 is 0 Å². The number of fused-ring (bicyclic) bond motifs is 1. The van der Waals surface area contributed by atoms with Crippen molar-refractivity contribution in [3.63, 3.8) is 0 Å². The molecule has 0 unspecified atom stereocenters. The van der Waals surface area contributed by atoms with Crippen molar-refractivity contribution >= 4 is 33.5 Å². The van der Waals surface area contributed by atoms with Crippen molar-refractivity contribution in [2.24, 2.45) is 0 Å². The van der Waals surface area contributed by atoms with Crippen molar-refractivity contribution in [2.45, 2.75) is 0 Å². The van der Waals surface area contributed by atoms with Gasteiger partial charge in [0.1, 0.15) is 0 Å². The minimum atomic E-state index is 0.531. The molecule has 0 amide bonds. The molecule has 0 aliphatic rings. The molecular weight excluding hydrogens is 317 g/mol. The summed E-state index contributed by atoms with van der Waals surface area (Å²) in [5, 5.41) is 8.85. The molecule has 5 heteroatoms. The Morgan fingerprint density at radius 1 is 1.06 bits per heavy atom. The van der Waals surface area contributed by atoms with Crippen molar-refractivity contribution in [2.75, 3.05) is 0 Å². The highest BCUT2D eigenvalue weighted by Gasteiger charge is 2.09. The second-order valence-corrected chi connectivity index (χ2v) is 4.16. The van der Waals surface area contributed by atoms with E-state index in [0.29, 0.717) is 9.79 Å². The van der Waals surface area contributed by atoms with Gasteiger partial charge < -0.3 is 4.42 Å². The second kappa shape index (κ2) is 3.82. The molecule has 0 aliphatic carbocycles.